The summed E-state index contributed by atoms with van der Waals surface area (Å²) in [5.74, 6) is 2.16. The molecule has 0 aromatic heterocycles. The predicted octanol–water partition coefficient (Wildman–Crippen LogP) is 5.19. The van der Waals surface area contributed by atoms with E-state index in [4.69, 9.17) is 9.47 Å². The Bertz CT molecular complexity index is 412. The second-order valence-corrected chi connectivity index (χ2v) is 6.16. The first-order chi connectivity index (χ1) is 10.1. The Hall–Kier alpha value is -1.28. The highest BCUT2D eigenvalue weighted by Crippen LogP contribution is 2.20. The first-order valence-electron chi connectivity index (χ1n) is 7.95. The molecule has 0 saturated heterocycles. The van der Waals surface area contributed by atoms with E-state index in [1.54, 1.807) is 7.11 Å². The summed E-state index contributed by atoms with van der Waals surface area (Å²) in [6.45, 7) is 11.2. The highest BCUT2D eigenvalue weighted by atomic mass is 16.5. The summed E-state index contributed by atoms with van der Waals surface area (Å²) in [5.41, 5.74) is 1.08. The fourth-order valence-electron chi connectivity index (χ4n) is 2.41. The average molecular weight is 290 g/mol. The van der Waals surface area contributed by atoms with E-state index >= 15 is 0 Å². The summed E-state index contributed by atoms with van der Waals surface area (Å²) in [6, 6.07) is 7.98. The quantitative estimate of drug-likeness (QED) is 0.590. The average Bonchev–Trinajstić information content (AvgIpc) is 2.47. The summed E-state index contributed by atoms with van der Waals surface area (Å²) in [7, 11) is 1.77. The Morgan fingerprint density at radius 1 is 1.19 bits per heavy atom. The van der Waals surface area contributed by atoms with Crippen LogP contribution >= 0.6 is 0 Å². The Labute approximate surface area is 130 Å². The van der Waals surface area contributed by atoms with E-state index in [9.17, 15) is 0 Å². The maximum Gasteiger partial charge on any atom is 0.120 e. The van der Waals surface area contributed by atoms with Crippen molar-refractivity contribution in [1.82, 2.24) is 0 Å². The van der Waals surface area contributed by atoms with E-state index < -0.39 is 0 Å². The van der Waals surface area contributed by atoms with Crippen LogP contribution in [0.3, 0.4) is 0 Å². The Morgan fingerprint density at radius 2 is 1.95 bits per heavy atom. The fraction of sp³-hybridized carbons (Fsp3) is 0.579. The van der Waals surface area contributed by atoms with Crippen molar-refractivity contribution in [3.8, 4) is 5.75 Å². The lowest BCUT2D eigenvalue weighted by Gasteiger charge is -2.23. The summed E-state index contributed by atoms with van der Waals surface area (Å²) >= 11 is 0. The van der Waals surface area contributed by atoms with Gasteiger partial charge in [0, 0.05) is 7.11 Å². The third kappa shape index (κ3) is 6.81. The molecule has 2 heteroatoms. The molecule has 0 N–H and O–H groups in total. The SMILES string of the molecule is C=Cc1cccc(OCC(OC)C(C)CCCC(C)C)c1. The normalized spacial score (nSPS) is 14.0. The van der Waals surface area contributed by atoms with Crippen LogP contribution in [0.5, 0.6) is 5.75 Å². The van der Waals surface area contributed by atoms with Crippen LogP contribution in [0.1, 0.15) is 45.6 Å². The molecule has 0 bridgehead atoms. The van der Waals surface area contributed by atoms with Gasteiger partial charge in [0.1, 0.15) is 12.4 Å². The van der Waals surface area contributed by atoms with Crippen LogP contribution in [0.4, 0.5) is 0 Å². The number of hydrogen-bond acceptors (Lipinski definition) is 2. The lowest BCUT2D eigenvalue weighted by Crippen LogP contribution is -2.27. The second kappa shape index (κ2) is 9.62. The minimum atomic E-state index is 0.143. The summed E-state index contributed by atoms with van der Waals surface area (Å²) in [6.07, 6.45) is 5.69. The molecule has 0 fully saturated rings. The number of benzene rings is 1. The van der Waals surface area contributed by atoms with Crippen LogP contribution in [-0.4, -0.2) is 19.8 Å². The number of methoxy groups -OCH3 is 1. The van der Waals surface area contributed by atoms with Gasteiger partial charge in [-0.15, -0.1) is 0 Å². The minimum Gasteiger partial charge on any atom is -0.491 e. The third-order valence-corrected chi connectivity index (χ3v) is 3.89. The van der Waals surface area contributed by atoms with Crippen LogP contribution in [0, 0.1) is 11.8 Å². The lowest BCUT2D eigenvalue weighted by molar-refractivity contribution is 0.0173. The van der Waals surface area contributed by atoms with Gasteiger partial charge in [0.05, 0.1) is 6.10 Å². The third-order valence-electron chi connectivity index (χ3n) is 3.89. The molecule has 118 valence electrons. The van der Waals surface area contributed by atoms with Crippen molar-refractivity contribution in [3.63, 3.8) is 0 Å². The molecule has 2 nitrogen and oxygen atoms in total. The van der Waals surface area contributed by atoms with Crippen LogP contribution < -0.4 is 4.74 Å². The van der Waals surface area contributed by atoms with Gasteiger partial charge < -0.3 is 9.47 Å². The molecule has 0 aliphatic rings. The van der Waals surface area contributed by atoms with Crippen LogP contribution in [0.25, 0.3) is 6.08 Å². The topological polar surface area (TPSA) is 18.5 Å². The molecule has 0 heterocycles. The van der Waals surface area contributed by atoms with Crippen LogP contribution in [0.15, 0.2) is 30.8 Å². The van der Waals surface area contributed by atoms with Crippen LogP contribution in [-0.2, 0) is 4.74 Å². The van der Waals surface area contributed by atoms with E-state index in [-0.39, 0.29) is 6.10 Å². The van der Waals surface area contributed by atoms with Crippen LogP contribution in [0.2, 0.25) is 0 Å². The zero-order valence-corrected chi connectivity index (χ0v) is 14.0. The molecule has 0 aliphatic carbocycles. The zero-order chi connectivity index (χ0) is 15.7. The van der Waals surface area contributed by atoms with Gasteiger partial charge in [-0.05, 0) is 36.0 Å². The summed E-state index contributed by atoms with van der Waals surface area (Å²) < 4.78 is 11.5. The first kappa shape index (κ1) is 17.8. The van der Waals surface area contributed by atoms with Crippen molar-refractivity contribution in [3.05, 3.63) is 36.4 Å². The monoisotopic (exact) mass is 290 g/mol. The van der Waals surface area contributed by atoms with Gasteiger partial charge in [-0.25, -0.2) is 0 Å². The first-order valence-corrected chi connectivity index (χ1v) is 7.95. The van der Waals surface area contributed by atoms with Gasteiger partial charge in [-0.3, -0.25) is 0 Å². The molecular weight excluding hydrogens is 260 g/mol. The van der Waals surface area contributed by atoms with E-state index in [0.29, 0.717) is 12.5 Å². The van der Waals surface area contributed by atoms with E-state index in [1.807, 2.05) is 30.3 Å². The standard InChI is InChI=1S/C19H30O2/c1-6-17-11-8-12-18(13-17)21-14-19(20-5)16(4)10-7-9-15(2)3/h6,8,11-13,15-16,19H,1,7,9-10,14H2,2-5H3. The van der Waals surface area contributed by atoms with Crippen molar-refractivity contribution in [2.75, 3.05) is 13.7 Å². The zero-order valence-electron chi connectivity index (χ0n) is 14.0. The highest BCUT2D eigenvalue weighted by molar-refractivity contribution is 5.49. The highest BCUT2D eigenvalue weighted by Gasteiger charge is 2.17. The minimum absolute atomic E-state index is 0.143. The molecule has 2 unspecified atom stereocenters. The Balaban J connectivity index is 2.43. The van der Waals surface area contributed by atoms with E-state index in [1.165, 1.54) is 19.3 Å². The molecule has 0 spiro atoms. The smallest absolute Gasteiger partial charge is 0.120 e. The summed E-state index contributed by atoms with van der Waals surface area (Å²) in [5, 5.41) is 0. The fourth-order valence-corrected chi connectivity index (χ4v) is 2.41. The summed E-state index contributed by atoms with van der Waals surface area (Å²) in [4.78, 5) is 0. The predicted molar refractivity (Wildman–Crippen MR) is 90.7 cm³/mol. The van der Waals surface area contributed by atoms with Crippen molar-refractivity contribution in [2.45, 2.75) is 46.1 Å². The molecule has 0 aliphatic heterocycles. The van der Waals surface area contributed by atoms with Crippen molar-refractivity contribution in [1.29, 1.82) is 0 Å². The van der Waals surface area contributed by atoms with E-state index in [2.05, 4.69) is 27.4 Å². The molecule has 1 aromatic carbocycles. The van der Waals surface area contributed by atoms with Crippen molar-refractivity contribution in [2.24, 2.45) is 11.8 Å². The number of hydrogen-bond donors (Lipinski definition) is 0. The molecule has 2 atom stereocenters. The number of ether oxygens (including phenoxy) is 2. The molecule has 0 radical (unpaired) electrons. The van der Waals surface area contributed by atoms with Crippen molar-refractivity contribution >= 4 is 6.08 Å². The van der Waals surface area contributed by atoms with Crippen molar-refractivity contribution < 1.29 is 9.47 Å². The van der Waals surface area contributed by atoms with Gasteiger partial charge >= 0.3 is 0 Å². The van der Waals surface area contributed by atoms with Gasteiger partial charge in [-0.2, -0.15) is 0 Å². The maximum atomic E-state index is 5.88. The Morgan fingerprint density at radius 3 is 2.57 bits per heavy atom. The van der Waals surface area contributed by atoms with Gasteiger partial charge in [-0.1, -0.05) is 58.4 Å². The molecule has 1 aromatic rings. The molecule has 0 amide bonds. The number of rotatable bonds is 10. The van der Waals surface area contributed by atoms with Gasteiger partial charge in [0.2, 0.25) is 0 Å². The lowest BCUT2D eigenvalue weighted by atomic mass is 9.95. The maximum absolute atomic E-state index is 5.88. The molecule has 21 heavy (non-hydrogen) atoms. The largest absolute Gasteiger partial charge is 0.491 e. The van der Waals surface area contributed by atoms with Gasteiger partial charge in [0.25, 0.3) is 0 Å². The molecular formula is C19H30O2. The second-order valence-electron chi connectivity index (χ2n) is 6.16. The molecule has 0 saturated carbocycles. The molecule has 1 rings (SSSR count). The van der Waals surface area contributed by atoms with Gasteiger partial charge in [0.15, 0.2) is 0 Å². The van der Waals surface area contributed by atoms with E-state index in [0.717, 1.165) is 17.2 Å². The Kier molecular flexibility index (Phi) is 8.14.